The van der Waals surface area contributed by atoms with E-state index in [9.17, 15) is 4.79 Å². The first-order valence-corrected chi connectivity index (χ1v) is 8.42. The van der Waals surface area contributed by atoms with Crippen molar-refractivity contribution in [2.75, 3.05) is 57.4 Å². The summed E-state index contributed by atoms with van der Waals surface area (Å²) in [5.74, 6) is 2.36. The van der Waals surface area contributed by atoms with Crippen LogP contribution in [-0.2, 0) is 9.53 Å². The summed E-state index contributed by atoms with van der Waals surface area (Å²) in [4.78, 5) is 17.0. The topological polar surface area (TPSA) is 44.8 Å². The van der Waals surface area contributed by atoms with E-state index in [0.29, 0.717) is 11.9 Å². The minimum atomic E-state index is 0.0437. The second-order valence-electron chi connectivity index (χ2n) is 5.46. The van der Waals surface area contributed by atoms with Gasteiger partial charge in [0.05, 0.1) is 19.3 Å². The molecule has 0 aliphatic carbocycles. The SMILES string of the molecule is O=C(C1CSCCN1)N1CCC(N2CCOCC2)C1. The normalized spacial score (nSPS) is 33.6. The molecular weight excluding hydrogens is 262 g/mol. The van der Waals surface area contributed by atoms with Gasteiger partial charge in [0.25, 0.3) is 0 Å². The number of nitrogens with one attached hydrogen (secondary N) is 1. The number of hydrogen-bond acceptors (Lipinski definition) is 5. The Morgan fingerprint density at radius 1 is 1.26 bits per heavy atom. The monoisotopic (exact) mass is 285 g/mol. The fourth-order valence-electron chi connectivity index (χ4n) is 3.13. The van der Waals surface area contributed by atoms with Gasteiger partial charge < -0.3 is 15.0 Å². The lowest BCUT2D eigenvalue weighted by Crippen LogP contribution is -2.51. The van der Waals surface area contributed by atoms with E-state index in [1.807, 2.05) is 11.8 Å². The Labute approximate surface area is 119 Å². The Morgan fingerprint density at radius 2 is 2.11 bits per heavy atom. The van der Waals surface area contributed by atoms with E-state index in [-0.39, 0.29) is 6.04 Å². The highest BCUT2D eigenvalue weighted by Crippen LogP contribution is 2.19. The van der Waals surface area contributed by atoms with Gasteiger partial charge in [0, 0.05) is 50.3 Å². The molecule has 0 radical (unpaired) electrons. The Hall–Kier alpha value is -0.300. The fourth-order valence-corrected chi connectivity index (χ4v) is 4.05. The first-order valence-electron chi connectivity index (χ1n) is 7.26. The van der Waals surface area contributed by atoms with Crippen LogP contribution in [-0.4, -0.2) is 85.2 Å². The van der Waals surface area contributed by atoms with Crippen molar-refractivity contribution in [2.45, 2.75) is 18.5 Å². The van der Waals surface area contributed by atoms with Crippen LogP contribution in [0.3, 0.4) is 0 Å². The van der Waals surface area contributed by atoms with Gasteiger partial charge in [-0.25, -0.2) is 0 Å². The third-order valence-electron chi connectivity index (χ3n) is 4.26. The number of carbonyl (C=O) groups excluding carboxylic acids is 1. The van der Waals surface area contributed by atoms with Gasteiger partial charge in [0.15, 0.2) is 0 Å². The predicted molar refractivity (Wildman–Crippen MR) is 76.5 cm³/mol. The second kappa shape index (κ2) is 6.43. The maximum atomic E-state index is 12.4. The molecule has 3 rings (SSSR count). The lowest BCUT2D eigenvalue weighted by Gasteiger charge is -2.32. The van der Waals surface area contributed by atoms with Gasteiger partial charge in [-0.1, -0.05) is 0 Å². The van der Waals surface area contributed by atoms with Crippen molar-refractivity contribution >= 4 is 17.7 Å². The molecule has 1 amide bonds. The number of morpholine rings is 1. The molecular formula is C13H23N3O2S. The van der Waals surface area contributed by atoms with Crippen molar-refractivity contribution in [3.8, 4) is 0 Å². The van der Waals surface area contributed by atoms with Crippen molar-refractivity contribution in [1.82, 2.24) is 15.1 Å². The molecule has 3 heterocycles. The van der Waals surface area contributed by atoms with Crippen LogP contribution in [0.5, 0.6) is 0 Å². The quantitative estimate of drug-likeness (QED) is 0.750. The average Bonchev–Trinajstić information content (AvgIpc) is 2.98. The van der Waals surface area contributed by atoms with Crippen LogP contribution in [0, 0.1) is 0 Å². The van der Waals surface area contributed by atoms with Crippen LogP contribution in [0.1, 0.15) is 6.42 Å². The van der Waals surface area contributed by atoms with E-state index < -0.39 is 0 Å². The van der Waals surface area contributed by atoms with E-state index in [0.717, 1.165) is 63.9 Å². The first-order chi connectivity index (χ1) is 9.34. The van der Waals surface area contributed by atoms with Gasteiger partial charge in [-0.3, -0.25) is 9.69 Å². The Morgan fingerprint density at radius 3 is 2.84 bits per heavy atom. The molecule has 0 saturated carbocycles. The van der Waals surface area contributed by atoms with Gasteiger partial charge in [-0.05, 0) is 6.42 Å². The number of rotatable bonds is 2. The number of hydrogen-bond donors (Lipinski definition) is 1. The third-order valence-corrected chi connectivity index (χ3v) is 5.32. The maximum absolute atomic E-state index is 12.4. The zero-order valence-corrected chi connectivity index (χ0v) is 12.2. The summed E-state index contributed by atoms with van der Waals surface area (Å²) in [5.41, 5.74) is 0. The molecule has 6 heteroatoms. The van der Waals surface area contributed by atoms with Gasteiger partial charge in [0.1, 0.15) is 0 Å². The fraction of sp³-hybridized carbons (Fsp3) is 0.923. The number of thioether (sulfide) groups is 1. The van der Waals surface area contributed by atoms with Crippen LogP contribution in [0.25, 0.3) is 0 Å². The number of likely N-dealkylation sites (tertiary alicyclic amines) is 1. The van der Waals surface area contributed by atoms with Crippen molar-refractivity contribution in [3.63, 3.8) is 0 Å². The minimum absolute atomic E-state index is 0.0437. The van der Waals surface area contributed by atoms with Crippen molar-refractivity contribution in [1.29, 1.82) is 0 Å². The molecule has 108 valence electrons. The summed E-state index contributed by atoms with van der Waals surface area (Å²) in [5, 5.41) is 3.34. The van der Waals surface area contributed by atoms with Crippen LogP contribution in [0.2, 0.25) is 0 Å². The summed E-state index contributed by atoms with van der Waals surface area (Å²) in [6, 6.07) is 0.589. The summed E-state index contributed by atoms with van der Waals surface area (Å²) in [6.07, 6.45) is 1.12. The van der Waals surface area contributed by atoms with E-state index in [2.05, 4.69) is 15.1 Å². The smallest absolute Gasteiger partial charge is 0.240 e. The highest BCUT2D eigenvalue weighted by atomic mass is 32.2. The molecule has 3 aliphatic heterocycles. The Kier molecular flexibility index (Phi) is 4.63. The molecule has 3 aliphatic rings. The Bertz CT molecular complexity index is 317. The molecule has 0 aromatic heterocycles. The van der Waals surface area contributed by atoms with Crippen molar-refractivity contribution < 1.29 is 9.53 Å². The molecule has 0 aromatic carbocycles. The van der Waals surface area contributed by atoms with E-state index in [1.165, 1.54) is 0 Å². The van der Waals surface area contributed by atoms with Crippen LogP contribution in [0.4, 0.5) is 0 Å². The molecule has 5 nitrogen and oxygen atoms in total. The Balaban J connectivity index is 1.51. The first kappa shape index (κ1) is 13.7. The zero-order chi connectivity index (χ0) is 13.1. The molecule has 3 fully saturated rings. The van der Waals surface area contributed by atoms with E-state index >= 15 is 0 Å². The summed E-state index contributed by atoms with van der Waals surface area (Å²) in [6.45, 7) is 6.50. The standard InChI is InChI=1S/C13H23N3O2S/c17-13(12-10-19-8-2-14-12)16-3-1-11(9-16)15-4-6-18-7-5-15/h11-12,14H,1-10H2. The number of amides is 1. The third kappa shape index (κ3) is 3.24. The molecule has 2 atom stereocenters. The molecule has 0 bridgehead atoms. The van der Waals surface area contributed by atoms with Crippen molar-refractivity contribution in [2.24, 2.45) is 0 Å². The van der Waals surface area contributed by atoms with Gasteiger partial charge in [-0.15, -0.1) is 0 Å². The number of nitrogens with zero attached hydrogens (tertiary/aromatic N) is 2. The van der Waals surface area contributed by atoms with Crippen LogP contribution in [0.15, 0.2) is 0 Å². The minimum Gasteiger partial charge on any atom is -0.379 e. The highest BCUT2D eigenvalue weighted by molar-refractivity contribution is 7.99. The highest BCUT2D eigenvalue weighted by Gasteiger charge is 2.34. The zero-order valence-electron chi connectivity index (χ0n) is 11.3. The number of ether oxygens (including phenoxy) is 1. The number of carbonyl (C=O) groups is 1. The molecule has 1 N–H and O–H groups in total. The maximum Gasteiger partial charge on any atom is 0.240 e. The van der Waals surface area contributed by atoms with E-state index in [1.54, 1.807) is 0 Å². The summed E-state index contributed by atoms with van der Waals surface area (Å²) < 4.78 is 5.39. The molecule has 3 saturated heterocycles. The second-order valence-corrected chi connectivity index (χ2v) is 6.61. The molecule has 2 unspecified atom stereocenters. The van der Waals surface area contributed by atoms with E-state index in [4.69, 9.17) is 4.74 Å². The van der Waals surface area contributed by atoms with Gasteiger partial charge in [0.2, 0.25) is 5.91 Å². The molecule has 0 spiro atoms. The van der Waals surface area contributed by atoms with Gasteiger partial charge in [-0.2, -0.15) is 11.8 Å². The molecule has 0 aromatic rings. The van der Waals surface area contributed by atoms with Crippen LogP contribution < -0.4 is 5.32 Å². The summed E-state index contributed by atoms with van der Waals surface area (Å²) in [7, 11) is 0. The predicted octanol–water partition coefficient (Wildman–Crippen LogP) is -0.375. The largest absolute Gasteiger partial charge is 0.379 e. The average molecular weight is 285 g/mol. The molecule has 19 heavy (non-hydrogen) atoms. The lowest BCUT2D eigenvalue weighted by atomic mass is 10.2. The van der Waals surface area contributed by atoms with Crippen LogP contribution >= 0.6 is 11.8 Å². The van der Waals surface area contributed by atoms with Crippen molar-refractivity contribution in [3.05, 3.63) is 0 Å². The van der Waals surface area contributed by atoms with Gasteiger partial charge >= 0.3 is 0 Å². The lowest BCUT2D eigenvalue weighted by molar-refractivity contribution is -0.132. The summed E-state index contributed by atoms with van der Waals surface area (Å²) >= 11 is 1.88.